The summed E-state index contributed by atoms with van der Waals surface area (Å²) in [5.41, 5.74) is 1.25. The van der Waals surface area contributed by atoms with Gasteiger partial charge in [0.15, 0.2) is 0 Å². The van der Waals surface area contributed by atoms with E-state index >= 15 is 0 Å². The van der Waals surface area contributed by atoms with Gasteiger partial charge in [-0.2, -0.15) is 0 Å². The molecular weight excluding hydrogens is 263 g/mol. The van der Waals surface area contributed by atoms with E-state index in [-0.39, 0.29) is 5.41 Å². The Hall–Kier alpha value is 0.0900. The molecule has 0 bridgehead atoms. The molecule has 0 spiro atoms. The number of rotatable bonds is 3. The summed E-state index contributed by atoms with van der Waals surface area (Å²) >= 11 is 18.2. The van der Waals surface area contributed by atoms with Crippen LogP contribution < -0.4 is 0 Å². The maximum absolute atomic E-state index is 6.17. The second kappa shape index (κ2) is 5.62. The van der Waals surface area contributed by atoms with Crippen molar-refractivity contribution in [1.82, 2.24) is 0 Å². The maximum Gasteiger partial charge on any atom is 0.0624 e. The molecule has 1 atom stereocenters. The molecule has 0 saturated heterocycles. The fraction of sp³-hybridized carbons (Fsp3) is 0.538. The summed E-state index contributed by atoms with van der Waals surface area (Å²) in [5.74, 6) is 1.02. The molecule has 1 aromatic rings. The molecule has 1 rings (SSSR count). The van der Waals surface area contributed by atoms with Crippen molar-refractivity contribution in [2.45, 2.75) is 27.2 Å². The first-order valence-corrected chi connectivity index (χ1v) is 6.64. The Labute approximate surface area is 113 Å². The van der Waals surface area contributed by atoms with Gasteiger partial charge in [-0.25, -0.2) is 0 Å². The topological polar surface area (TPSA) is 0 Å². The molecule has 0 nitrogen and oxygen atoms in total. The van der Waals surface area contributed by atoms with Gasteiger partial charge in [0.05, 0.1) is 10.0 Å². The number of hydrogen-bond donors (Lipinski definition) is 0. The summed E-state index contributed by atoms with van der Waals surface area (Å²) in [6.45, 7) is 6.58. The minimum Gasteiger partial charge on any atom is -0.126 e. The Morgan fingerprint density at radius 3 is 2.31 bits per heavy atom. The molecule has 0 saturated carbocycles. The highest BCUT2D eigenvalue weighted by Gasteiger charge is 2.24. The standard InChI is InChI=1S/C13H17Cl3/c1-13(2,3)10(8-14)7-9-5-4-6-11(15)12(9)16/h4-6,10H,7-8H2,1-3H3. The van der Waals surface area contributed by atoms with E-state index in [1.54, 1.807) is 6.07 Å². The zero-order valence-electron chi connectivity index (χ0n) is 9.86. The number of halogens is 3. The lowest BCUT2D eigenvalue weighted by atomic mass is 9.78. The molecule has 16 heavy (non-hydrogen) atoms. The lowest BCUT2D eigenvalue weighted by molar-refractivity contribution is 0.264. The summed E-state index contributed by atoms with van der Waals surface area (Å²) in [5, 5.41) is 1.27. The Morgan fingerprint density at radius 1 is 1.19 bits per heavy atom. The average Bonchev–Trinajstić information content (AvgIpc) is 2.18. The number of benzene rings is 1. The van der Waals surface area contributed by atoms with Crippen molar-refractivity contribution in [3.05, 3.63) is 33.8 Å². The molecule has 0 aliphatic carbocycles. The van der Waals surface area contributed by atoms with Gasteiger partial charge >= 0.3 is 0 Å². The lowest BCUT2D eigenvalue weighted by Gasteiger charge is -2.29. The highest BCUT2D eigenvalue weighted by atomic mass is 35.5. The van der Waals surface area contributed by atoms with Crippen LogP contribution in [0.5, 0.6) is 0 Å². The minimum atomic E-state index is 0.174. The van der Waals surface area contributed by atoms with E-state index in [0.29, 0.717) is 21.8 Å². The Kier molecular flexibility index (Phi) is 4.97. The Bertz CT molecular complexity index is 353. The fourth-order valence-corrected chi connectivity index (χ4v) is 2.53. The Morgan fingerprint density at radius 2 is 1.81 bits per heavy atom. The van der Waals surface area contributed by atoms with Crippen LogP contribution in [0.3, 0.4) is 0 Å². The molecule has 0 aliphatic rings. The van der Waals surface area contributed by atoms with Crippen LogP contribution in [0.1, 0.15) is 26.3 Å². The van der Waals surface area contributed by atoms with Gasteiger partial charge in [0.2, 0.25) is 0 Å². The van der Waals surface area contributed by atoms with Gasteiger partial charge < -0.3 is 0 Å². The van der Waals surface area contributed by atoms with Gasteiger partial charge in [-0.1, -0.05) is 56.1 Å². The first kappa shape index (κ1) is 14.2. The van der Waals surface area contributed by atoms with E-state index in [2.05, 4.69) is 20.8 Å². The highest BCUT2D eigenvalue weighted by Crippen LogP contribution is 2.34. The summed E-state index contributed by atoms with van der Waals surface area (Å²) < 4.78 is 0. The molecule has 0 amide bonds. The predicted octanol–water partition coefficient (Wildman–Crippen LogP) is 5.44. The van der Waals surface area contributed by atoms with Gasteiger partial charge in [-0.05, 0) is 29.4 Å². The van der Waals surface area contributed by atoms with Crippen molar-refractivity contribution in [3.63, 3.8) is 0 Å². The average molecular weight is 280 g/mol. The maximum atomic E-state index is 6.17. The van der Waals surface area contributed by atoms with Crippen LogP contribution in [0, 0.1) is 11.3 Å². The van der Waals surface area contributed by atoms with Gasteiger partial charge in [-0.3, -0.25) is 0 Å². The first-order valence-electron chi connectivity index (χ1n) is 5.35. The second-order valence-corrected chi connectivity index (χ2v) is 6.23. The third-order valence-corrected chi connectivity index (χ3v) is 4.14. The summed E-state index contributed by atoms with van der Waals surface area (Å²) in [7, 11) is 0. The van der Waals surface area contributed by atoms with Crippen molar-refractivity contribution < 1.29 is 0 Å². The molecule has 3 heteroatoms. The lowest BCUT2D eigenvalue weighted by Crippen LogP contribution is -2.24. The largest absolute Gasteiger partial charge is 0.126 e. The quantitative estimate of drug-likeness (QED) is 0.647. The first-order chi connectivity index (χ1) is 7.36. The van der Waals surface area contributed by atoms with Crippen molar-refractivity contribution in [2.24, 2.45) is 11.3 Å². The number of alkyl halides is 1. The SMILES string of the molecule is CC(C)(C)C(CCl)Cc1cccc(Cl)c1Cl. The van der Waals surface area contributed by atoms with Crippen LogP contribution in [0.25, 0.3) is 0 Å². The monoisotopic (exact) mass is 278 g/mol. The smallest absolute Gasteiger partial charge is 0.0624 e. The molecule has 0 radical (unpaired) electrons. The van der Waals surface area contributed by atoms with E-state index in [1.807, 2.05) is 12.1 Å². The van der Waals surface area contributed by atoms with Gasteiger partial charge in [0.1, 0.15) is 0 Å². The van der Waals surface area contributed by atoms with Gasteiger partial charge in [0.25, 0.3) is 0 Å². The van der Waals surface area contributed by atoms with E-state index in [1.165, 1.54) is 0 Å². The zero-order valence-corrected chi connectivity index (χ0v) is 12.1. The molecule has 0 aromatic heterocycles. The van der Waals surface area contributed by atoms with E-state index in [4.69, 9.17) is 34.8 Å². The molecular formula is C13H17Cl3. The minimum absolute atomic E-state index is 0.174. The van der Waals surface area contributed by atoms with E-state index in [9.17, 15) is 0 Å². The van der Waals surface area contributed by atoms with E-state index < -0.39 is 0 Å². The van der Waals surface area contributed by atoms with Crippen LogP contribution >= 0.6 is 34.8 Å². The summed E-state index contributed by atoms with van der Waals surface area (Å²) in [6, 6.07) is 5.75. The predicted molar refractivity (Wildman–Crippen MR) is 73.8 cm³/mol. The number of hydrogen-bond acceptors (Lipinski definition) is 0. The molecule has 0 aliphatic heterocycles. The fourth-order valence-electron chi connectivity index (χ4n) is 1.56. The molecule has 0 heterocycles. The summed E-state index contributed by atoms with van der Waals surface area (Å²) in [6.07, 6.45) is 0.867. The van der Waals surface area contributed by atoms with Gasteiger partial charge in [-0.15, -0.1) is 11.6 Å². The molecule has 1 aromatic carbocycles. The van der Waals surface area contributed by atoms with Crippen molar-refractivity contribution in [2.75, 3.05) is 5.88 Å². The second-order valence-electron chi connectivity index (χ2n) is 5.13. The van der Waals surface area contributed by atoms with Crippen molar-refractivity contribution in [1.29, 1.82) is 0 Å². The molecule has 0 fully saturated rings. The zero-order chi connectivity index (χ0) is 12.3. The highest BCUT2D eigenvalue weighted by molar-refractivity contribution is 6.42. The normalized spacial score (nSPS) is 13.9. The van der Waals surface area contributed by atoms with Crippen LogP contribution in [0.4, 0.5) is 0 Å². The van der Waals surface area contributed by atoms with E-state index in [0.717, 1.165) is 12.0 Å². The van der Waals surface area contributed by atoms with Crippen LogP contribution in [-0.2, 0) is 6.42 Å². The van der Waals surface area contributed by atoms with Crippen LogP contribution in [0.2, 0.25) is 10.0 Å². The molecule has 90 valence electrons. The van der Waals surface area contributed by atoms with Crippen LogP contribution in [-0.4, -0.2) is 5.88 Å². The molecule has 1 unspecified atom stereocenters. The third-order valence-electron chi connectivity index (χ3n) is 2.91. The van der Waals surface area contributed by atoms with Crippen LogP contribution in [0.15, 0.2) is 18.2 Å². The third kappa shape index (κ3) is 3.55. The van der Waals surface area contributed by atoms with Crippen molar-refractivity contribution >= 4 is 34.8 Å². The van der Waals surface area contributed by atoms with Gasteiger partial charge in [0, 0.05) is 5.88 Å². The van der Waals surface area contributed by atoms with Crippen molar-refractivity contribution in [3.8, 4) is 0 Å². The molecule has 0 N–H and O–H groups in total. The summed E-state index contributed by atoms with van der Waals surface area (Å²) in [4.78, 5) is 0. The Balaban J connectivity index is 2.91.